The Balaban J connectivity index is 1.52. The molecule has 0 atom stereocenters. The lowest BCUT2D eigenvalue weighted by Gasteiger charge is -2.12. The van der Waals surface area contributed by atoms with Gasteiger partial charge in [-0.15, -0.1) is 0 Å². The number of amides is 1. The van der Waals surface area contributed by atoms with Crippen LogP contribution in [-0.4, -0.2) is 14.3 Å². The minimum atomic E-state index is -3.74. The number of hydrogen-bond donors (Lipinski definition) is 2. The molecule has 5 nitrogen and oxygen atoms in total. The molecule has 4 aromatic carbocycles. The highest BCUT2D eigenvalue weighted by molar-refractivity contribution is 7.92. The summed E-state index contributed by atoms with van der Waals surface area (Å²) in [5, 5.41) is 2.92. The van der Waals surface area contributed by atoms with Gasteiger partial charge in [0.05, 0.1) is 4.90 Å². The number of para-hydroxylation sites is 2. The van der Waals surface area contributed by atoms with Gasteiger partial charge in [-0.1, -0.05) is 66.7 Å². The molecule has 0 fully saturated rings. The van der Waals surface area contributed by atoms with Crippen LogP contribution in [0.3, 0.4) is 0 Å². The van der Waals surface area contributed by atoms with Crippen LogP contribution in [0.2, 0.25) is 0 Å². The first-order chi connectivity index (χ1) is 15.0. The molecule has 6 heteroatoms. The number of anilines is 2. The summed E-state index contributed by atoms with van der Waals surface area (Å²) in [6, 6.07) is 31.8. The summed E-state index contributed by atoms with van der Waals surface area (Å²) in [6.45, 7) is 0. The van der Waals surface area contributed by atoms with Crippen LogP contribution in [0.4, 0.5) is 11.4 Å². The molecule has 0 radical (unpaired) electrons. The van der Waals surface area contributed by atoms with Gasteiger partial charge in [0.15, 0.2) is 0 Å². The minimum absolute atomic E-state index is 0.0811. The fraction of sp³-hybridized carbons (Fsp3) is 0. The van der Waals surface area contributed by atoms with Crippen LogP contribution in [0.1, 0.15) is 10.4 Å². The Labute approximate surface area is 181 Å². The number of rotatable bonds is 6. The zero-order valence-corrected chi connectivity index (χ0v) is 17.3. The molecule has 1 amide bonds. The molecule has 0 heterocycles. The van der Waals surface area contributed by atoms with E-state index in [1.807, 2.05) is 54.6 Å². The molecular formula is C25H20N2O3S. The lowest BCUT2D eigenvalue weighted by molar-refractivity contribution is 0.102. The highest BCUT2D eigenvalue weighted by Gasteiger charge is 2.16. The van der Waals surface area contributed by atoms with Gasteiger partial charge in [0.25, 0.3) is 15.9 Å². The van der Waals surface area contributed by atoms with E-state index in [4.69, 9.17) is 0 Å². The first kappa shape index (κ1) is 20.4. The molecule has 0 saturated heterocycles. The number of carbonyl (C=O) groups excluding carboxylic acids is 1. The molecule has 0 aliphatic heterocycles. The van der Waals surface area contributed by atoms with Gasteiger partial charge < -0.3 is 5.32 Å². The molecule has 4 aromatic rings. The lowest BCUT2D eigenvalue weighted by Crippen LogP contribution is -2.15. The monoisotopic (exact) mass is 428 g/mol. The van der Waals surface area contributed by atoms with Gasteiger partial charge in [0.1, 0.15) is 0 Å². The van der Waals surface area contributed by atoms with E-state index in [1.54, 1.807) is 30.3 Å². The first-order valence-electron chi connectivity index (χ1n) is 9.67. The zero-order valence-electron chi connectivity index (χ0n) is 16.5. The van der Waals surface area contributed by atoms with Crippen molar-refractivity contribution in [1.82, 2.24) is 0 Å². The number of sulfonamides is 1. The quantitative estimate of drug-likeness (QED) is 0.431. The highest BCUT2D eigenvalue weighted by Crippen LogP contribution is 2.28. The maximum absolute atomic E-state index is 12.8. The normalized spacial score (nSPS) is 11.0. The van der Waals surface area contributed by atoms with Gasteiger partial charge in [0, 0.05) is 22.5 Å². The molecule has 154 valence electrons. The van der Waals surface area contributed by atoms with Crippen LogP contribution in [0.15, 0.2) is 114 Å². The van der Waals surface area contributed by atoms with Crippen molar-refractivity contribution in [2.75, 3.05) is 10.0 Å². The maximum atomic E-state index is 12.8. The van der Waals surface area contributed by atoms with E-state index in [2.05, 4.69) is 10.0 Å². The predicted molar refractivity (Wildman–Crippen MR) is 124 cm³/mol. The van der Waals surface area contributed by atoms with Gasteiger partial charge in [-0.05, 0) is 48.0 Å². The summed E-state index contributed by atoms with van der Waals surface area (Å²) < 4.78 is 27.6. The third-order valence-electron chi connectivity index (χ3n) is 4.71. The molecule has 0 unspecified atom stereocenters. The molecule has 0 aliphatic carbocycles. The molecule has 4 rings (SSSR count). The smallest absolute Gasteiger partial charge is 0.261 e. The molecule has 0 spiro atoms. The molecule has 2 N–H and O–H groups in total. The Morgan fingerprint density at radius 2 is 1.23 bits per heavy atom. The summed E-state index contributed by atoms with van der Waals surface area (Å²) in [6.07, 6.45) is 0. The Kier molecular flexibility index (Phi) is 5.82. The largest absolute Gasteiger partial charge is 0.321 e. The topological polar surface area (TPSA) is 75.3 Å². The van der Waals surface area contributed by atoms with Gasteiger partial charge in [-0.25, -0.2) is 8.42 Å². The number of carbonyl (C=O) groups is 1. The van der Waals surface area contributed by atoms with Crippen molar-refractivity contribution in [2.24, 2.45) is 0 Å². The zero-order chi connectivity index (χ0) is 21.7. The molecule has 0 aromatic heterocycles. The van der Waals surface area contributed by atoms with E-state index in [0.29, 0.717) is 16.9 Å². The van der Waals surface area contributed by atoms with Gasteiger partial charge in [-0.2, -0.15) is 0 Å². The van der Waals surface area contributed by atoms with E-state index in [-0.39, 0.29) is 10.8 Å². The van der Waals surface area contributed by atoms with Crippen molar-refractivity contribution in [3.63, 3.8) is 0 Å². The molecule has 0 saturated carbocycles. The van der Waals surface area contributed by atoms with Crippen LogP contribution >= 0.6 is 0 Å². The minimum Gasteiger partial charge on any atom is -0.321 e. The summed E-state index contributed by atoms with van der Waals surface area (Å²) >= 11 is 0. The number of nitrogens with one attached hydrogen (secondary N) is 2. The fourth-order valence-electron chi connectivity index (χ4n) is 3.16. The first-order valence-corrected chi connectivity index (χ1v) is 11.1. The molecule has 31 heavy (non-hydrogen) atoms. The SMILES string of the molecule is O=C(Nc1ccccc1-c1ccccc1)c1ccc(S(=O)(=O)Nc2ccccc2)cc1. The highest BCUT2D eigenvalue weighted by atomic mass is 32.2. The van der Waals surface area contributed by atoms with Crippen molar-refractivity contribution in [3.05, 3.63) is 115 Å². The lowest BCUT2D eigenvalue weighted by atomic mass is 10.0. The van der Waals surface area contributed by atoms with E-state index in [0.717, 1.165) is 11.1 Å². The van der Waals surface area contributed by atoms with E-state index in [9.17, 15) is 13.2 Å². The second-order valence-electron chi connectivity index (χ2n) is 6.86. The third kappa shape index (κ3) is 4.82. The molecule has 0 aliphatic rings. The van der Waals surface area contributed by atoms with Crippen molar-refractivity contribution >= 4 is 27.3 Å². The van der Waals surface area contributed by atoms with Gasteiger partial charge in [-0.3, -0.25) is 9.52 Å². The second kappa shape index (κ2) is 8.85. The van der Waals surface area contributed by atoms with Crippen LogP contribution in [-0.2, 0) is 10.0 Å². The Hall–Kier alpha value is -3.90. The second-order valence-corrected chi connectivity index (χ2v) is 8.54. The van der Waals surface area contributed by atoms with Crippen LogP contribution in [0.25, 0.3) is 11.1 Å². The fourth-order valence-corrected chi connectivity index (χ4v) is 4.22. The van der Waals surface area contributed by atoms with Crippen LogP contribution in [0.5, 0.6) is 0 Å². The Morgan fingerprint density at radius 1 is 0.645 bits per heavy atom. The van der Waals surface area contributed by atoms with Crippen molar-refractivity contribution in [2.45, 2.75) is 4.90 Å². The van der Waals surface area contributed by atoms with E-state index in [1.165, 1.54) is 24.3 Å². The molecule has 0 bridgehead atoms. The summed E-state index contributed by atoms with van der Waals surface area (Å²) in [5.74, 6) is -0.316. The standard InChI is InChI=1S/C25H20N2O3S/c28-25(26-24-14-8-7-13-23(24)19-9-3-1-4-10-19)20-15-17-22(18-16-20)31(29,30)27-21-11-5-2-6-12-21/h1-18,27H,(H,26,28). The van der Waals surface area contributed by atoms with E-state index < -0.39 is 10.0 Å². The van der Waals surface area contributed by atoms with Gasteiger partial charge in [0.2, 0.25) is 0 Å². The Morgan fingerprint density at radius 3 is 1.90 bits per heavy atom. The number of hydrogen-bond acceptors (Lipinski definition) is 3. The number of benzene rings is 4. The summed E-state index contributed by atoms with van der Waals surface area (Å²) in [7, 11) is -3.74. The van der Waals surface area contributed by atoms with E-state index >= 15 is 0 Å². The third-order valence-corrected chi connectivity index (χ3v) is 6.11. The van der Waals surface area contributed by atoms with Crippen LogP contribution < -0.4 is 10.0 Å². The summed E-state index contributed by atoms with van der Waals surface area (Å²) in [5.41, 5.74) is 3.42. The van der Waals surface area contributed by atoms with Crippen molar-refractivity contribution in [3.8, 4) is 11.1 Å². The maximum Gasteiger partial charge on any atom is 0.261 e. The summed E-state index contributed by atoms with van der Waals surface area (Å²) in [4.78, 5) is 12.9. The van der Waals surface area contributed by atoms with Gasteiger partial charge >= 0.3 is 0 Å². The van der Waals surface area contributed by atoms with Crippen LogP contribution in [0, 0.1) is 0 Å². The van der Waals surface area contributed by atoms with Crippen molar-refractivity contribution < 1.29 is 13.2 Å². The Bertz CT molecular complexity index is 1290. The average Bonchev–Trinajstić information content (AvgIpc) is 2.80. The average molecular weight is 429 g/mol. The predicted octanol–water partition coefficient (Wildman–Crippen LogP) is 5.41. The van der Waals surface area contributed by atoms with Crippen molar-refractivity contribution in [1.29, 1.82) is 0 Å². The molecular weight excluding hydrogens is 408 g/mol.